The molecule has 1 aromatic carbocycles. The van der Waals surface area contributed by atoms with E-state index in [1.807, 2.05) is 0 Å². The molecular formula is C26H42N4O2. The van der Waals surface area contributed by atoms with E-state index in [-0.39, 0.29) is 6.10 Å². The number of likely N-dealkylation sites (tertiary alicyclic amines) is 1. The van der Waals surface area contributed by atoms with Crippen molar-refractivity contribution < 1.29 is 9.84 Å². The molecule has 6 nitrogen and oxygen atoms in total. The third kappa shape index (κ3) is 5.46. The van der Waals surface area contributed by atoms with E-state index in [0.29, 0.717) is 24.1 Å². The number of rotatable bonds is 8. The van der Waals surface area contributed by atoms with Crippen molar-refractivity contribution in [2.45, 2.75) is 90.1 Å². The van der Waals surface area contributed by atoms with Gasteiger partial charge in [-0.2, -0.15) is 0 Å². The van der Waals surface area contributed by atoms with Crippen LogP contribution in [0.3, 0.4) is 0 Å². The summed E-state index contributed by atoms with van der Waals surface area (Å²) in [5.41, 5.74) is 2.87. The van der Waals surface area contributed by atoms with Gasteiger partial charge in [0.05, 0.1) is 18.8 Å². The van der Waals surface area contributed by atoms with Crippen molar-refractivity contribution in [2.24, 2.45) is 10.4 Å². The number of nitrogens with one attached hydrogen (secondary N) is 2. The zero-order chi connectivity index (χ0) is 22.4. The van der Waals surface area contributed by atoms with E-state index < -0.39 is 0 Å². The summed E-state index contributed by atoms with van der Waals surface area (Å²) < 4.78 is 6.07. The Balaban J connectivity index is 1.32. The SMILES string of the molecule is CCNC(=NCc1ccc(CN2CCC(O)CC2)cc1)NC1CC(OCC)C12CCCC2. The Morgan fingerprint density at radius 3 is 2.47 bits per heavy atom. The third-order valence-electron chi connectivity index (χ3n) is 7.75. The highest BCUT2D eigenvalue weighted by atomic mass is 16.5. The first-order chi connectivity index (χ1) is 15.6. The van der Waals surface area contributed by atoms with E-state index in [2.05, 4.69) is 53.6 Å². The van der Waals surface area contributed by atoms with Gasteiger partial charge in [-0.1, -0.05) is 37.1 Å². The summed E-state index contributed by atoms with van der Waals surface area (Å²) >= 11 is 0. The fourth-order valence-electron chi connectivity index (χ4n) is 5.83. The number of guanidine groups is 1. The Hall–Kier alpha value is -1.63. The van der Waals surface area contributed by atoms with Crippen LogP contribution in [0.25, 0.3) is 0 Å². The van der Waals surface area contributed by atoms with Crippen LogP contribution in [0.1, 0.15) is 69.9 Å². The Kier molecular flexibility index (Phi) is 8.08. The van der Waals surface area contributed by atoms with Crippen LogP contribution in [0.2, 0.25) is 0 Å². The first kappa shape index (κ1) is 23.5. The molecule has 1 saturated heterocycles. The van der Waals surface area contributed by atoms with Crippen LogP contribution >= 0.6 is 0 Å². The molecule has 6 heteroatoms. The van der Waals surface area contributed by atoms with Gasteiger partial charge in [0.1, 0.15) is 0 Å². The molecule has 0 aromatic heterocycles. The monoisotopic (exact) mass is 442 g/mol. The molecule has 2 unspecified atom stereocenters. The maximum atomic E-state index is 9.69. The average Bonchev–Trinajstić information content (AvgIpc) is 3.33. The topological polar surface area (TPSA) is 69.1 Å². The molecule has 3 N–H and O–H groups in total. The first-order valence-corrected chi connectivity index (χ1v) is 12.8. The van der Waals surface area contributed by atoms with Gasteiger partial charge < -0.3 is 20.5 Å². The highest BCUT2D eigenvalue weighted by Gasteiger charge is 2.56. The lowest BCUT2D eigenvalue weighted by atomic mass is 9.60. The second kappa shape index (κ2) is 11.0. The second-order valence-electron chi connectivity index (χ2n) is 9.84. The van der Waals surface area contributed by atoms with E-state index in [1.165, 1.54) is 36.8 Å². The molecule has 1 heterocycles. The fourth-order valence-corrected chi connectivity index (χ4v) is 5.83. The number of piperidine rings is 1. The molecule has 0 radical (unpaired) electrons. The van der Waals surface area contributed by atoms with Gasteiger partial charge in [0.2, 0.25) is 0 Å². The number of aliphatic hydroxyl groups is 1. The third-order valence-corrected chi connectivity index (χ3v) is 7.75. The van der Waals surface area contributed by atoms with Crippen molar-refractivity contribution in [1.29, 1.82) is 0 Å². The molecule has 2 saturated carbocycles. The first-order valence-electron chi connectivity index (χ1n) is 12.8. The molecule has 1 spiro atoms. The largest absolute Gasteiger partial charge is 0.393 e. The second-order valence-corrected chi connectivity index (χ2v) is 9.84. The van der Waals surface area contributed by atoms with Gasteiger partial charge >= 0.3 is 0 Å². The summed E-state index contributed by atoms with van der Waals surface area (Å²) in [4.78, 5) is 7.33. The fraction of sp³-hybridized carbons (Fsp3) is 0.731. The molecule has 178 valence electrons. The predicted octanol–water partition coefficient (Wildman–Crippen LogP) is 3.44. The number of hydrogen-bond acceptors (Lipinski definition) is 4. The number of benzene rings is 1. The summed E-state index contributed by atoms with van der Waals surface area (Å²) in [5, 5.41) is 16.9. The van der Waals surface area contributed by atoms with E-state index in [9.17, 15) is 5.11 Å². The van der Waals surface area contributed by atoms with Crippen LogP contribution in [0.15, 0.2) is 29.3 Å². The minimum Gasteiger partial charge on any atom is -0.393 e. The van der Waals surface area contributed by atoms with Gasteiger partial charge in [-0.25, -0.2) is 4.99 Å². The van der Waals surface area contributed by atoms with Gasteiger partial charge in [-0.15, -0.1) is 0 Å². The van der Waals surface area contributed by atoms with E-state index >= 15 is 0 Å². The lowest BCUT2D eigenvalue weighted by Crippen LogP contribution is -2.65. The number of hydrogen-bond donors (Lipinski definition) is 3. The summed E-state index contributed by atoms with van der Waals surface area (Å²) in [6.45, 7) is 9.52. The molecule has 2 aliphatic carbocycles. The van der Waals surface area contributed by atoms with Crippen LogP contribution in [0.4, 0.5) is 0 Å². The van der Waals surface area contributed by atoms with Crippen molar-refractivity contribution in [3.63, 3.8) is 0 Å². The highest BCUT2D eigenvalue weighted by Crippen LogP contribution is 2.54. The number of aliphatic imine (C=N–C) groups is 1. The molecule has 32 heavy (non-hydrogen) atoms. The molecule has 1 aliphatic heterocycles. The van der Waals surface area contributed by atoms with E-state index in [4.69, 9.17) is 9.73 Å². The van der Waals surface area contributed by atoms with Crippen LogP contribution in [-0.2, 0) is 17.8 Å². The standard InChI is InChI=1S/C26H42N4O2/c1-3-27-25(29-23-17-24(32-4-2)26(23)13-5-6-14-26)28-18-20-7-9-21(10-8-20)19-30-15-11-22(31)12-16-30/h7-10,22-24,31H,3-6,11-19H2,1-2H3,(H2,27,28,29). The minimum absolute atomic E-state index is 0.112. The summed E-state index contributed by atoms with van der Waals surface area (Å²) in [5.74, 6) is 0.926. The molecule has 3 fully saturated rings. The van der Waals surface area contributed by atoms with Crippen LogP contribution in [0.5, 0.6) is 0 Å². The van der Waals surface area contributed by atoms with E-state index in [1.54, 1.807) is 0 Å². The van der Waals surface area contributed by atoms with Crippen LogP contribution < -0.4 is 10.6 Å². The smallest absolute Gasteiger partial charge is 0.191 e. The molecular weight excluding hydrogens is 400 g/mol. The summed E-state index contributed by atoms with van der Waals surface area (Å²) in [7, 11) is 0. The highest BCUT2D eigenvalue weighted by molar-refractivity contribution is 5.80. The van der Waals surface area contributed by atoms with Crippen molar-refractivity contribution >= 4 is 5.96 Å². The Morgan fingerprint density at radius 1 is 1.12 bits per heavy atom. The van der Waals surface area contributed by atoms with Crippen LogP contribution in [-0.4, -0.2) is 60.5 Å². The van der Waals surface area contributed by atoms with Gasteiger partial charge in [0, 0.05) is 44.2 Å². The van der Waals surface area contributed by atoms with Crippen LogP contribution in [0, 0.1) is 5.41 Å². The lowest BCUT2D eigenvalue weighted by molar-refractivity contribution is -0.125. The van der Waals surface area contributed by atoms with Gasteiger partial charge in [-0.3, -0.25) is 4.90 Å². The van der Waals surface area contributed by atoms with Gasteiger partial charge in [0.25, 0.3) is 0 Å². The maximum absolute atomic E-state index is 9.69. The zero-order valence-corrected chi connectivity index (χ0v) is 20.0. The summed E-state index contributed by atoms with van der Waals surface area (Å²) in [6.07, 6.45) is 8.34. The molecule has 1 aromatic rings. The van der Waals surface area contributed by atoms with Crippen molar-refractivity contribution in [1.82, 2.24) is 15.5 Å². The number of nitrogens with zero attached hydrogens (tertiary/aromatic N) is 2. The van der Waals surface area contributed by atoms with Crippen molar-refractivity contribution in [3.05, 3.63) is 35.4 Å². The van der Waals surface area contributed by atoms with Crippen molar-refractivity contribution in [2.75, 3.05) is 26.2 Å². The Labute approximate surface area is 193 Å². The normalized spacial score (nSPS) is 26.3. The average molecular weight is 443 g/mol. The number of ether oxygens (including phenoxy) is 1. The zero-order valence-electron chi connectivity index (χ0n) is 20.0. The molecule has 4 rings (SSSR count). The quantitative estimate of drug-likeness (QED) is 0.425. The maximum Gasteiger partial charge on any atom is 0.191 e. The minimum atomic E-state index is -0.112. The molecule has 2 atom stereocenters. The van der Waals surface area contributed by atoms with Crippen molar-refractivity contribution in [3.8, 4) is 0 Å². The Morgan fingerprint density at radius 2 is 1.81 bits per heavy atom. The molecule has 0 bridgehead atoms. The lowest BCUT2D eigenvalue weighted by Gasteiger charge is -2.54. The van der Waals surface area contributed by atoms with Gasteiger partial charge in [0.15, 0.2) is 5.96 Å². The predicted molar refractivity (Wildman–Crippen MR) is 130 cm³/mol. The number of aliphatic hydroxyl groups excluding tert-OH is 1. The van der Waals surface area contributed by atoms with Gasteiger partial charge in [-0.05, 0) is 57.1 Å². The van der Waals surface area contributed by atoms with E-state index in [0.717, 1.165) is 58.0 Å². The summed E-state index contributed by atoms with van der Waals surface area (Å²) in [6, 6.07) is 9.32. The molecule has 3 aliphatic rings. The Bertz CT molecular complexity index is 737. The molecule has 0 amide bonds.